The van der Waals surface area contributed by atoms with Crippen molar-refractivity contribution >= 4 is 31.9 Å². The van der Waals surface area contributed by atoms with Gasteiger partial charge in [-0.15, -0.1) is 0 Å². The molecule has 1 aromatic rings. The summed E-state index contributed by atoms with van der Waals surface area (Å²) in [4.78, 5) is 26.4. The number of benzene rings is 1. The second-order valence-corrected chi connectivity index (χ2v) is 13.6. The van der Waals surface area contributed by atoms with Crippen LogP contribution in [0.1, 0.15) is 40.2 Å². The molecule has 12 heteroatoms. The SMILES string of the molecule is CCOC(=O)/C(C=NC(C)CO[Si](C)(C)C(C)(C)C)=C(\O)c1cc(F)c(F)c(F)c1[N+](=O)[O-]. The number of aliphatic hydroxyl groups is 1. The molecule has 1 N–H and O–H groups in total. The standard InChI is InChI=1S/C21H29F3N2O6Si/c1-8-31-20(28)14(10-25-12(2)11-32-33(6,7)21(3,4)5)19(27)13-9-15(22)16(23)17(24)18(13)26(29)30/h9-10,12,27H,8,11H2,1-7H3/b19-14-,25-10?. The lowest BCUT2D eigenvalue weighted by atomic mass is 10.1. The van der Waals surface area contributed by atoms with E-state index in [1.54, 1.807) is 6.92 Å². The van der Waals surface area contributed by atoms with Gasteiger partial charge in [-0.3, -0.25) is 15.1 Å². The van der Waals surface area contributed by atoms with E-state index in [-0.39, 0.29) is 24.3 Å². The number of ether oxygens (including phenoxy) is 1. The topological polar surface area (TPSA) is 111 Å². The fraction of sp³-hybridized carbons (Fsp3) is 0.524. The Kier molecular flexibility index (Phi) is 9.37. The molecule has 0 aliphatic carbocycles. The van der Waals surface area contributed by atoms with Crippen LogP contribution in [0.4, 0.5) is 18.9 Å². The van der Waals surface area contributed by atoms with Gasteiger partial charge >= 0.3 is 11.7 Å². The van der Waals surface area contributed by atoms with E-state index >= 15 is 0 Å². The molecule has 0 saturated heterocycles. The minimum atomic E-state index is -2.11. The first kappa shape index (κ1) is 28.3. The molecule has 1 aromatic carbocycles. The minimum Gasteiger partial charge on any atom is -0.506 e. The number of carbonyl (C=O) groups excluding carboxylic acids is 1. The number of aliphatic hydroxyl groups excluding tert-OH is 1. The molecule has 8 nitrogen and oxygen atoms in total. The Morgan fingerprint density at radius 2 is 1.88 bits per heavy atom. The van der Waals surface area contributed by atoms with Crippen LogP contribution in [0.2, 0.25) is 18.1 Å². The van der Waals surface area contributed by atoms with Crippen molar-refractivity contribution in [2.75, 3.05) is 13.2 Å². The van der Waals surface area contributed by atoms with Gasteiger partial charge in [0.25, 0.3) is 0 Å². The van der Waals surface area contributed by atoms with E-state index in [4.69, 9.17) is 9.16 Å². The number of nitro groups is 1. The van der Waals surface area contributed by atoms with Gasteiger partial charge in [-0.2, -0.15) is 4.39 Å². The van der Waals surface area contributed by atoms with Crippen molar-refractivity contribution in [3.05, 3.63) is 44.8 Å². The molecule has 1 atom stereocenters. The third-order valence-electron chi connectivity index (χ3n) is 5.27. The molecule has 0 spiro atoms. The predicted molar refractivity (Wildman–Crippen MR) is 120 cm³/mol. The quantitative estimate of drug-likeness (QED) is 0.0732. The Labute approximate surface area is 191 Å². The average molecular weight is 491 g/mol. The molecular formula is C21H29F3N2O6Si. The molecule has 33 heavy (non-hydrogen) atoms. The van der Waals surface area contributed by atoms with E-state index in [1.807, 2.05) is 13.1 Å². The summed E-state index contributed by atoms with van der Waals surface area (Å²) in [5, 5.41) is 21.7. The Hall–Kier alpha value is -2.73. The van der Waals surface area contributed by atoms with Gasteiger partial charge in [0.15, 0.2) is 14.1 Å². The van der Waals surface area contributed by atoms with Crippen molar-refractivity contribution in [3.8, 4) is 0 Å². The number of carbonyl (C=O) groups is 1. The number of rotatable bonds is 9. The minimum absolute atomic E-state index is 0.0552. The van der Waals surface area contributed by atoms with Crippen molar-refractivity contribution in [2.45, 2.75) is 58.8 Å². The second-order valence-electron chi connectivity index (χ2n) is 8.82. The summed E-state index contributed by atoms with van der Waals surface area (Å²) in [5.41, 5.74) is -3.25. The maximum atomic E-state index is 14.0. The number of halogens is 3. The highest BCUT2D eigenvalue weighted by molar-refractivity contribution is 6.74. The summed E-state index contributed by atoms with van der Waals surface area (Å²) in [5.74, 6) is -8.30. The molecular weight excluding hydrogens is 461 g/mol. The smallest absolute Gasteiger partial charge is 0.343 e. The highest BCUT2D eigenvalue weighted by Crippen LogP contribution is 2.36. The number of hydrogen-bond donors (Lipinski definition) is 1. The molecule has 0 radical (unpaired) electrons. The third kappa shape index (κ3) is 6.87. The summed E-state index contributed by atoms with van der Waals surface area (Å²) in [6, 6.07) is -0.281. The maximum Gasteiger partial charge on any atom is 0.343 e. The van der Waals surface area contributed by atoms with Crippen molar-refractivity contribution in [2.24, 2.45) is 4.99 Å². The van der Waals surface area contributed by atoms with Gasteiger partial charge in [0.05, 0.1) is 24.2 Å². The first-order chi connectivity index (χ1) is 15.0. The van der Waals surface area contributed by atoms with Gasteiger partial charge in [-0.1, -0.05) is 20.8 Å². The van der Waals surface area contributed by atoms with Crippen LogP contribution in [-0.2, 0) is 14.0 Å². The fourth-order valence-corrected chi connectivity index (χ4v) is 3.39. The zero-order chi connectivity index (χ0) is 25.7. The lowest BCUT2D eigenvalue weighted by molar-refractivity contribution is -0.388. The molecule has 0 fully saturated rings. The van der Waals surface area contributed by atoms with Gasteiger partial charge in [0, 0.05) is 6.21 Å². The number of nitrogens with zero attached hydrogens (tertiary/aromatic N) is 2. The molecule has 1 unspecified atom stereocenters. The van der Waals surface area contributed by atoms with E-state index in [0.29, 0.717) is 0 Å². The van der Waals surface area contributed by atoms with E-state index in [2.05, 4.69) is 25.8 Å². The van der Waals surface area contributed by atoms with Crippen LogP contribution in [-0.4, -0.2) is 49.8 Å². The predicted octanol–water partition coefficient (Wildman–Crippen LogP) is 5.33. The number of aliphatic imine (C=N–C) groups is 1. The largest absolute Gasteiger partial charge is 0.506 e. The van der Waals surface area contributed by atoms with Gasteiger partial charge in [-0.25, -0.2) is 13.6 Å². The van der Waals surface area contributed by atoms with Crippen LogP contribution < -0.4 is 0 Å². The molecule has 0 heterocycles. The van der Waals surface area contributed by atoms with Crippen molar-refractivity contribution in [1.29, 1.82) is 0 Å². The third-order valence-corrected chi connectivity index (χ3v) is 9.78. The highest BCUT2D eigenvalue weighted by Gasteiger charge is 2.37. The zero-order valence-electron chi connectivity index (χ0n) is 19.7. The summed E-state index contributed by atoms with van der Waals surface area (Å²) in [6.07, 6.45) is 0.885. The van der Waals surface area contributed by atoms with Crippen LogP contribution in [0.3, 0.4) is 0 Å². The first-order valence-corrected chi connectivity index (χ1v) is 13.1. The monoisotopic (exact) mass is 490 g/mol. The molecule has 0 amide bonds. The summed E-state index contributed by atoms with van der Waals surface area (Å²) in [7, 11) is -2.09. The van der Waals surface area contributed by atoms with Gasteiger partial charge in [0.1, 0.15) is 16.9 Å². The molecule has 184 valence electrons. The van der Waals surface area contributed by atoms with Crippen LogP contribution in [0.25, 0.3) is 5.76 Å². The van der Waals surface area contributed by atoms with E-state index in [9.17, 15) is 33.2 Å². The molecule has 0 aliphatic heterocycles. The highest BCUT2D eigenvalue weighted by atomic mass is 28.4. The number of esters is 1. The van der Waals surface area contributed by atoms with Crippen molar-refractivity contribution in [3.63, 3.8) is 0 Å². The molecule has 1 rings (SSSR count). The lowest BCUT2D eigenvalue weighted by Crippen LogP contribution is -2.42. The van der Waals surface area contributed by atoms with Crippen LogP contribution in [0.15, 0.2) is 16.6 Å². The normalized spacial score (nSPS) is 14.2. The van der Waals surface area contributed by atoms with Crippen molar-refractivity contribution < 1.29 is 37.2 Å². The van der Waals surface area contributed by atoms with Crippen LogP contribution >= 0.6 is 0 Å². The summed E-state index contributed by atoms with van der Waals surface area (Å²) >= 11 is 0. The van der Waals surface area contributed by atoms with Crippen LogP contribution in [0.5, 0.6) is 0 Å². The van der Waals surface area contributed by atoms with E-state index in [0.717, 1.165) is 6.21 Å². The van der Waals surface area contributed by atoms with Gasteiger partial charge in [-0.05, 0) is 38.0 Å². The first-order valence-electron chi connectivity index (χ1n) is 10.1. The zero-order valence-corrected chi connectivity index (χ0v) is 20.7. The Morgan fingerprint density at radius 3 is 2.36 bits per heavy atom. The Morgan fingerprint density at radius 1 is 1.30 bits per heavy atom. The lowest BCUT2D eigenvalue weighted by Gasteiger charge is -2.36. The van der Waals surface area contributed by atoms with E-state index < -0.39 is 65.3 Å². The summed E-state index contributed by atoms with van der Waals surface area (Å²) in [6.45, 7) is 13.4. The second kappa shape index (κ2) is 10.9. The fourth-order valence-electron chi connectivity index (χ4n) is 2.30. The van der Waals surface area contributed by atoms with Crippen LogP contribution in [0, 0.1) is 27.6 Å². The van der Waals surface area contributed by atoms with Gasteiger partial charge in [0.2, 0.25) is 11.6 Å². The average Bonchev–Trinajstić information content (AvgIpc) is 2.69. The molecule has 0 bridgehead atoms. The Balaban J connectivity index is 3.45. The molecule has 0 aromatic heterocycles. The van der Waals surface area contributed by atoms with E-state index in [1.165, 1.54) is 6.92 Å². The number of hydrogen-bond acceptors (Lipinski definition) is 7. The van der Waals surface area contributed by atoms with Crippen molar-refractivity contribution in [1.82, 2.24) is 0 Å². The molecule has 0 saturated carbocycles. The number of nitro benzene ring substituents is 1. The van der Waals surface area contributed by atoms with Gasteiger partial charge < -0.3 is 14.3 Å². The Bertz CT molecular complexity index is 974. The summed E-state index contributed by atoms with van der Waals surface area (Å²) < 4.78 is 52.1. The maximum absolute atomic E-state index is 14.0. The molecule has 0 aliphatic rings.